The van der Waals surface area contributed by atoms with Crippen molar-refractivity contribution in [3.8, 4) is 5.75 Å². The number of hydrogen-bond acceptors (Lipinski definition) is 4. The van der Waals surface area contributed by atoms with Gasteiger partial charge in [0.05, 0.1) is 13.2 Å². The Morgan fingerprint density at radius 1 is 1.04 bits per heavy atom. The van der Waals surface area contributed by atoms with Gasteiger partial charge in [0.25, 0.3) is 0 Å². The fourth-order valence-electron chi connectivity index (χ4n) is 4.32. The van der Waals surface area contributed by atoms with Crippen molar-refractivity contribution in [1.29, 1.82) is 0 Å². The van der Waals surface area contributed by atoms with Gasteiger partial charge in [-0.3, -0.25) is 0 Å². The molecule has 27 heavy (non-hydrogen) atoms. The summed E-state index contributed by atoms with van der Waals surface area (Å²) in [7, 11) is 0. The van der Waals surface area contributed by atoms with Gasteiger partial charge in [0.1, 0.15) is 12.4 Å². The van der Waals surface area contributed by atoms with Crippen molar-refractivity contribution >= 4 is 0 Å². The highest BCUT2D eigenvalue weighted by Gasteiger charge is 2.34. The van der Waals surface area contributed by atoms with Crippen LogP contribution in [0.15, 0.2) is 54.6 Å². The minimum absolute atomic E-state index is 0.499. The molecule has 2 fully saturated rings. The Kier molecular flexibility index (Phi) is 6.40. The summed E-state index contributed by atoms with van der Waals surface area (Å²) < 4.78 is 11.6. The lowest BCUT2D eigenvalue weighted by Gasteiger charge is -2.33. The van der Waals surface area contributed by atoms with Crippen molar-refractivity contribution in [2.24, 2.45) is 5.92 Å². The van der Waals surface area contributed by atoms with Crippen LogP contribution in [0, 0.1) is 5.92 Å². The summed E-state index contributed by atoms with van der Waals surface area (Å²) in [6, 6.07) is 19.8. The van der Waals surface area contributed by atoms with Crippen molar-refractivity contribution in [2.45, 2.75) is 44.5 Å². The van der Waals surface area contributed by atoms with Crippen molar-refractivity contribution < 1.29 is 9.47 Å². The van der Waals surface area contributed by atoms with E-state index < -0.39 is 0 Å². The maximum absolute atomic E-state index is 5.97. The summed E-state index contributed by atoms with van der Waals surface area (Å²) in [5.74, 6) is 1.60. The third-order valence-corrected chi connectivity index (χ3v) is 5.75. The molecule has 3 unspecified atom stereocenters. The second kappa shape index (κ2) is 9.36. The molecule has 4 rings (SSSR count). The van der Waals surface area contributed by atoms with Crippen LogP contribution in [0.5, 0.6) is 5.75 Å². The standard InChI is InChI=1S/C23H30N2O2/c1-2-6-18(7-3-1)16-27-20-9-4-8-19(14-20)15-25-22-11-5-10-21(22)23-17-26-13-12-24-23/h1-4,6-9,14,21-25H,5,10-13,15-17H2. The van der Waals surface area contributed by atoms with Gasteiger partial charge in [0.15, 0.2) is 0 Å². The van der Waals surface area contributed by atoms with E-state index >= 15 is 0 Å². The maximum atomic E-state index is 5.97. The molecule has 0 aromatic heterocycles. The van der Waals surface area contributed by atoms with E-state index in [2.05, 4.69) is 41.0 Å². The molecular formula is C23H30N2O2. The Morgan fingerprint density at radius 3 is 2.78 bits per heavy atom. The van der Waals surface area contributed by atoms with Gasteiger partial charge in [-0.05, 0) is 42.0 Å². The Labute approximate surface area is 162 Å². The summed E-state index contributed by atoms with van der Waals surface area (Å²) in [4.78, 5) is 0. The van der Waals surface area contributed by atoms with E-state index in [9.17, 15) is 0 Å². The van der Waals surface area contributed by atoms with E-state index in [0.717, 1.165) is 32.1 Å². The minimum atomic E-state index is 0.499. The molecule has 0 bridgehead atoms. The van der Waals surface area contributed by atoms with Gasteiger partial charge < -0.3 is 20.1 Å². The second-order valence-corrected chi connectivity index (χ2v) is 7.64. The average molecular weight is 367 g/mol. The third kappa shape index (κ3) is 5.10. The number of hydrogen-bond donors (Lipinski definition) is 2. The number of morpholine rings is 1. The zero-order chi connectivity index (χ0) is 18.3. The predicted octanol–water partition coefficient (Wildman–Crippen LogP) is 3.51. The first kappa shape index (κ1) is 18.5. The first-order chi connectivity index (χ1) is 13.4. The van der Waals surface area contributed by atoms with Gasteiger partial charge in [0.2, 0.25) is 0 Å². The molecule has 144 valence electrons. The highest BCUT2D eigenvalue weighted by molar-refractivity contribution is 5.29. The van der Waals surface area contributed by atoms with Gasteiger partial charge in [-0.25, -0.2) is 0 Å². The van der Waals surface area contributed by atoms with Crippen molar-refractivity contribution in [3.63, 3.8) is 0 Å². The summed E-state index contributed by atoms with van der Waals surface area (Å²) in [5.41, 5.74) is 2.47. The fraction of sp³-hybridized carbons (Fsp3) is 0.478. The van der Waals surface area contributed by atoms with Gasteiger partial charge in [-0.2, -0.15) is 0 Å². The van der Waals surface area contributed by atoms with E-state index in [-0.39, 0.29) is 0 Å². The van der Waals surface area contributed by atoms with Crippen LogP contribution in [0.2, 0.25) is 0 Å². The lowest BCUT2D eigenvalue weighted by Crippen LogP contribution is -2.50. The van der Waals surface area contributed by atoms with Gasteiger partial charge in [-0.1, -0.05) is 48.9 Å². The number of rotatable bonds is 7. The van der Waals surface area contributed by atoms with Crippen LogP contribution in [-0.4, -0.2) is 31.8 Å². The minimum Gasteiger partial charge on any atom is -0.489 e. The van der Waals surface area contributed by atoms with E-state index in [0.29, 0.717) is 24.6 Å². The predicted molar refractivity (Wildman–Crippen MR) is 108 cm³/mol. The Hall–Kier alpha value is -1.88. The Balaban J connectivity index is 1.30. The van der Waals surface area contributed by atoms with Crippen molar-refractivity contribution in [1.82, 2.24) is 10.6 Å². The summed E-state index contributed by atoms with van der Waals surface area (Å²) in [5, 5.41) is 7.44. The molecule has 0 amide bonds. The normalized spacial score (nSPS) is 25.4. The van der Waals surface area contributed by atoms with Crippen molar-refractivity contribution in [2.75, 3.05) is 19.8 Å². The molecule has 2 aliphatic rings. The van der Waals surface area contributed by atoms with E-state index in [1.165, 1.54) is 30.4 Å². The molecule has 0 radical (unpaired) electrons. The fourth-order valence-corrected chi connectivity index (χ4v) is 4.32. The SMILES string of the molecule is c1ccc(COc2cccc(CNC3CCCC3C3COCCN3)c2)cc1. The number of nitrogens with one attached hydrogen (secondary N) is 2. The molecular weight excluding hydrogens is 336 g/mol. The topological polar surface area (TPSA) is 42.5 Å². The maximum Gasteiger partial charge on any atom is 0.120 e. The second-order valence-electron chi connectivity index (χ2n) is 7.64. The molecule has 1 heterocycles. The zero-order valence-electron chi connectivity index (χ0n) is 15.9. The first-order valence-electron chi connectivity index (χ1n) is 10.2. The molecule has 2 aromatic rings. The van der Waals surface area contributed by atoms with Crippen LogP contribution in [0.1, 0.15) is 30.4 Å². The average Bonchev–Trinajstić information content (AvgIpc) is 3.21. The Morgan fingerprint density at radius 2 is 1.93 bits per heavy atom. The molecule has 2 N–H and O–H groups in total. The van der Waals surface area contributed by atoms with E-state index in [1.54, 1.807) is 0 Å². The molecule has 3 atom stereocenters. The van der Waals surface area contributed by atoms with Crippen LogP contribution < -0.4 is 15.4 Å². The highest BCUT2D eigenvalue weighted by atomic mass is 16.5. The lowest BCUT2D eigenvalue weighted by atomic mass is 9.94. The number of benzene rings is 2. The third-order valence-electron chi connectivity index (χ3n) is 5.75. The molecule has 1 aliphatic carbocycles. The van der Waals surface area contributed by atoms with Crippen LogP contribution in [-0.2, 0) is 17.9 Å². The molecule has 1 saturated heterocycles. The van der Waals surface area contributed by atoms with Crippen molar-refractivity contribution in [3.05, 3.63) is 65.7 Å². The largest absolute Gasteiger partial charge is 0.489 e. The lowest BCUT2D eigenvalue weighted by molar-refractivity contribution is 0.0524. The van der Waals surface area contributed by atoms with Crippen LogP contribution in [0.4, 0.5) is 0 Å². The van der Waals surface area contributed by atoms with Crippen LogP contribution >= 0.6 is 0 Å². The van der Waals surface area contributed by atoms with Gasteiger partial charge in [-0.15, -0.1) is 0 Å². The molecule has 1 saturated carbocycles. The van der Waals surface area contributed by atoms with Crippen LogP contribution in [0.3, 0.4) is 0 Å². The summed E-state index contributed by atoms with van der Waals surface area (Å²) in [6.07, 6.45) is 3.85. The van der Waals surface area contributed by atoms with E-state index in [1.807, 2.05) is 24.3 Å². The zero-order valence-corrected chi connectivity index (χ0v) is 15.9. The molecule has 1 aliphatic heterocycles. The molecule has 2 aromatic carbocycles. The van der Waals surface area contributed by atoms with Gasteiger partial charge >= 0.3 is 0 Å². The monoisotopic (exact) mass is 366 g/mol. The quantitative estimate of drug-likeness (QED) is 0.787. The molecule has 4 nitrogen and oxygen atoms in total. The molecule has 4 heteroatoms. The highest BCUT2D eigenvalue weighted by Crippen LogP contribution is 2.30. The van der Waals surface area contributed by atoms with Crippen LogP contribution in [0.25, 0.3) is 0 Å². The smallest absolute Gasteiger partial charge is 0.120 e. The van der Waals surface area contributed by atoms with Gasteiger partial charge in [0, 0.05) is 25.2 Å². The summed E-state index contributed by atoms with van der Waals surface area (Å²) in [6.45, 7) is 4.17. The molecule has 0 spiro atoms. The first-order valence-corrected chi connectivity index (χ1v) is 10.2. The number of ether oxygens (including phenoxy) is 2. The van der Waals surface area contributed by atoms with E-state index in [4.69, 9.17) is 9.47 Å². The summed E-state index contributed by atoms with van der Waals surface area (Å²) >= 11 is 0. The Bertz CT molecular complexity index is 701.